The molecule has 0 saturated carbocycles. The van der Waals surface area contributed by atoms with Crippen LogP contribution >= 0.6 is 0 Å². The number of H-pyrrole nitrogens is 1. The van der Waals surface area contributed by atoms with Crippen molar-refractivity contribution in [3.05, 3.63) is 5.82 Å². The molecule has 0 atom stereocenters. The number of hydrogen-bond acceptors (Lipinski definition) is 5. The molecule has 2 rings (SSSR count). The van der Waals surface area contributed by atoms with E-state index in [1.54, 1.807) is 0 Å². The van der Waals surface area contributed by atoms with Gasteiger partial charge in [0, 0.05) is 32.2 Å². The van der Waals surface area contributed by atoms with E-state index in [0.29, 0.717) is 6.04 Å². The zero-order valence-corrected chi connectivity index (χ0v) is 10.1. The number of aliphatic hydroxyl groups excluding tert-OH is 1. The van der Waals surface area contributed by atoms with E-state index in [4.69, 9.17) is 10.8 Å². The number of nitrogens with one attached hydrogen (secondary N) is 1. The van der Waals surface area contributed by atoms with Crippen LogP contribution in [0.3, 0.4) is 0 Å². The van der Waals surface area contributed by atoms with E-state index in [2.05, 4.69) is 20.1 Å². The van der Waals surface area contributed by atoms with Crippen molar-refractivity contribution in [3.63, 3.8) is 0 Å². The summed E-state index contributed by atoms with van der Waals surface area (Å²) >= 11 is 0. The van der Waals surface area contributed by atoms with Crippen LogP contribution < -0.4 is 10.6 Å². The Bertz CT molecular complexity index is 332. The Morgan fingerprint density at radius 2 is 2.12 bits per heavy atom. The lowest BCUT2D eigenvalue weighted by molar-refractivity contribution is 0.284. The van der Waals surface area contributed by atoms with Gasteiger partial charge in [-0.3, -0.25) is 5.10 Å². The molecule has 0 aliphatic carbocycles. The summed E-state index contributed by atoms with van der Waals surface area (Å²) in [5, 5.41) is 15.9. The van der Waals surface area contributed by atoms with Crippen LogP contribution in [0.15, 0.2) is 0 Å². The van der Waals surface area contributed by atoms with Crippen LogP contribution in [0.1, 0.15) is 31.5 Å². The minimum absolute atomic E-state index is 0.241. The number of aliphatic hydroxyl groups is 1. The van der Waals surface area contributed by atoms with Crippen molar-refractivity contribution < 1.29 is 5.11 Å². The van der Waals surface area contributed by atoms with Crippen molar-refractivity contribution in [2.24, 2.45) is 5.73 Å². The van der Waals surface area contributed by atoms with Crippen LogP contribution in [0.4, 0.5) is 5.95 Å². The van der Waals surface area contributed by atoms with Crippen LogP contribution in [0.5, 0.6) is 0 Å². The van der Waals surface area contributed by atoms with Gasteiger partial charge in [-0.25, -0.2) is 0 Å². The van der Waals surface area contributed by atoms with Gasteiger partial charge in [0.05, 0.1) is 0 Å². The molecular formula is C11H21N5O. The molecule has 2 heterocycles. The maximum Gasteiger partial charge on any atom is 0.244 e. The predicted octanol–water partition coefficient (Wildman–Crippen LogP) is 0.0472. The zero-order chi connectivity index (χ0) is 12.1. The van der Waals surface area contributed by atoms with E-state index in [1.807, 2.05) is 0 Å². The first-order valence-corrected chi connectivity index (χ1v) is 6.32. The molecule has 0 aromatic carbocycles. The predicted molar refractivity (Wildman–Crippen MR) is 65.8 cm³/mol. The van der Waals surface area contributed by atoms with Crippen molar-refractivity contribution in [1.82, 2.24) is 15.2 Å². The third-order valence-corrected chi connectivity index (χ3v) is 3.16. The summed E-state index contributed by atoms with van der Waals surface area (Å²) in [6.45, 7) is 2.12. The molecular weight excluding hydrogens is 218 g/mol. The maximum absolute atomic E-state index is 8.71. The Kier molecular flexibility index (Phi) is 4.33. The van der Waals surface area contributed by atoms with Gasteiger partial charge in [-0.05, 0) is 25.7 Å². The lowest BCUT2D eigenvalue weighted by Gasteiger charge is -2.28. The van der Waals surface area contributed by atoms with Crippen molar-refractivity contribution in [3.8, 4) is 0 Å². The van der Waals surface area contributed by atoms with E-state index in [-0.39, 0.29) is 6.61 Å². The topological polar surface area (TPSA) is 91.1 Å². The number of unbranched alkanes of at least 4 members (excludes halogenated alkanes) is 1. The van der Waals surface area contributed by atoms with Crippen LogP contribution in [0.25, 0.3) is 0 Å². The number of aromatic amines is 1. The second-order valence-electron chi connectivity index (χ2n) is 4.59. The first kappa shape index (κ1) is 12.3. The Labute approximate surface area is 101 Å². The van der Waals surface area contributed by atoms with Crippen LogP contribution in [0, 0.1) is 0 Å². The Balaban J connectivity index is 1.85. The smallest absolute Gasteiger partial charge is 0.244 e. The molecule has 0 unspecified atom stereocenters. The third kappa shape index (κ3) is 3.41. The molecule has 0 radical (unpaired) electrons. The summed E-state index contributed by atoms with van der Waals surface area (Å²) in [5.74, 6) is 1.69. The number of rotatable bonds is 5. The van der Waals surface area contributed by atoms with Crippen LogP contribution in [-0.4, -0.2) is 46.0 Å². The fourth-order valence-electron chi connectivity index (χ4n) is 2.04. The molecule has 1 aliphatic rings. The summed E-state index contributed by atoms with van der Waals surface area (Å²) in [6.07, 6.45) is 4.62. The first-order chi connectivity index (χ1) is 8.29. The molecule has 1 aliphatic heterocycles. The van der Waals surface area contributed by atoms with E-state index in [9.17, 15) is 0 Å². The summed E-state index contributed by atoms with van der Waals surface area (Å²) in [4.78, 5) is 6.64. The fraction of sp³-hybridized carbons (Fsp3) is 0.818. The summed E-state index contributed by atoms with van der Waals surface area (Å²) < 4.78 is 0. The van der Waals surface area contributed by atoms with Gasteiger partial charge in [-0.15, -0.1) is 5.10 Å². The first-order valence-electron chi connectivity index (χ1n) is 6.32. The molecule has 96 valence electrons. The maximum atomic E-state index is 8.71. The third-order valence-electron chi connectivity index (χ3n) is 3.16. The highest BCUT2D eigenvalue weighted by atomic mass is 16.2. The number of nitrogens with two attached hydrogens (primary N) is 1. The number of aromatic nitrogens is 3. The Hall–Kier alpha value is -1.14. The second-order valence-corrected chi connectivity index (χ2v) is 4.59. The molecule has 1 aromatic rings. The van der Waals surface area contributed by atoms with E-state index in [0.717, 1.165) is 57.0 Å². The molecule has 1 saturated heterocycles. The average molecular weight is 239 g/mol. The van der Waals surface area contributed by atoms with Crippen LogP contribution in [0.2, 0.25) is 0 Å². The van der Waals surface area contributed by atoms with Gasteiger partial charge in [0.25, 0.3) is 0 Å². The normalized spacial score (nSPS) is 17.6. The van der Waals surface area contributed by atoms with Gasteiger partial charge < -0.3 is 15.7 Å². The molecule has 6 nitrogen and oxygen atoms in total. The number of anilines is 1. The molecule has 6 heteroatoms. The monoisotopic (exact) mass is 239 g/mol. The minimum atomic E-state index is 0.241. The number of nitrogens with zero attached hydrogens (tertiary/aromatic N) is 3. The van der Waals surface area contributed by atoms with Gasteiger partial charge in [-0.2, -0.15) is 4.98 Å². The summed E-state index contributed by atoms with van der Waals surface area (Å²) in [5.41, 5.74) is 5.86. The van der Waals surface area contributed by atoms with Gasteiger partial charge in [0.1, 0.15) is 5.82 Å². The van der Waals surface area contributed by atoms with Crippen molar-refractivity contribution >= 4 is 5.95 Å². The standard InChI is InChI=1S/C11H21N5O/c12-9-4-6-16(7-5-9)11-13-10(14-15-11)3-1-2-8-17/h9,17H,1-8,12H2,(H,13,14,15). The zero-order valence-electron chi connectivity index (χ0n) is 10.1. The lowest BCUT2D eigenvalue weighted by atomic mass is 10.1. The van der Waals surface area contributed by atoms with Crippen molar-refractivity contribution in [1.29, 1.82) is 0 Å². The number of hydrogen-bond donors (Lipinski definition) is 3. The van der Waals surface area contributed by atoms with E-state index in [1.165, 1.54) is 0 Å². The Morgan fingerprint density at radius 3 is 2.82 bits per heavy atom. The van der Waals surface area contributed by atoms with Gasteiger partial charge in [0.2, 0.25) is 5.95 Å². The highest BCUT2D eigenvalue weighted by molar-refractivity contribution is 5.29. The quantitative estimate of drug-likeness (QED) is 0.631. The fourth-order valence-corrected chi connectivity index (χ4v) is 2.04. The highest BCUT2D eigenvalue weighted by Gasteiger charge is 2.19. The highest BCUT2D eigenvalue weighted by Crippen LogP contribution is 2.15. The van der Waals surface area contributed by atoms with Gasteiger partial charge in [0.15, 0.2) is 0 Å². The summed E-state index contributed by atoms with van der Waals surface area (Å²) in [6, 6.07) is 0.328. The number of piperidine rings is 1. The van der Waals surface area contributed by atoms with Crippen molar-refractivity contribution in [2.75, 3.05) is 24.6 Å². The van der Waals surface area contributed by atoms with Crippen molar-refractivity contribution in [2.45, 2.75) is 38.1 Å². The second kappa shape index (κ2) is 5.97. The SMILES string of the molecule is NC1CCN(c2n[nH]c(CCCCO)n2)CC1. The molecule has 1 fully saturated rings. The van der Waals surface area contributed by atoms with E-state index >= 15 is 0 Å². The summed E-state index contributed by atoms with van der Waals surface area (Å²) in [7, 11) is 0. The molecule has 0 spiro atoms. The molecule has 17 heavy (non-hydrogen) atoms. The van der Waals surface area contributed by atoms with E-state index < -0.39 is 0 Å². The Morgan fingerprint density at radius 1 is 1.35 bits per heavy atom. The minimum Gasteiger partial charge on any atom is -0.396 e. The molecule has 1 aromatic heterocycles. The van der Waals surface area contributed by atoms with Gasteiger partial charge >= 0.3 is 0 Å². The number of aryl methyl sites for hydroxylation is 1. The lowest BCUT2D eigenvalue weighted by Crippen LogP contribution is -2.40. The molecule has 0 bridgehead atoms. The molecule has 4 N–H and O–H groups in total. The largest absolute Gasteiger partial charge is 0.396 e. The van der Waals surface area contributed by atoms with Crippen LogP contribution in [-0.2, 0) is 6.42 Å². The molecule has 0 amide bonds. The average Bonchev–Trinajstić information content (AvgIpc) is 2.79. The van der Waals surface area contributed by atoms with Gasteiger partial charge in [-0.1, -0.05) is 0 Å².